The van der Waals surface area contributed by atoms with Crippen LogP contribution < -0.4 is 5.73 Å². The molecule has 0 unspecified atom stereocenters. The summed E-state index contributed by atoms with van der Waals surface area (Å²) in [5, 5.41) is 0. The third kappa shape index (κ3) is 2.29. The fourth-order valence-corrected chi connectivity index (χ4v) is 0.719. The molecule has 0 heterocycles. The van der Waals surface area contributed by atoms with Crippen LogP contribution in [0.3, 0.4) is 0 Å². The minimum Gasteiger partial charge on any atom is -0.486 e. The molecule has 3 nitrogen and oxygen atoms in total. The van der Waals surface area contributed by atoms with Crippen LogP contribution in [0.15, 0.2) is 29.3 Å². The van der Waals surface area contributed by atoms with Crippen molar-refractivity contribution in [2.24, 2.45) is 4.99 Å². The summed E-state index contributed by atoms with van der Waals surface area (Å²) in [6.45, 7) is 0. The molecule has 0 aromatic heterocycles. The predicted molar refractivity (Wildman–Crippen MR) is 46.0 cm³/mol. The molecule has 58 valence electrons. The summed E-state index contributed by atoms with van der Waals surface area (Å²) in [7, 11) is 1.55. The number of ether oxygens (including phenoxy) is 1. The Hall–Kier alpha value is -1.51. The van der Waals surface area contributed by atoms with Crippen LogP contribution in [0.4, 0.5) is 11.4 Å². The van der Waals surface area contributed by atoms with Gasteiger partial charge < -0.3 is 10.5 Å². The van der Waals surface area contributed by atoms with Crippen molar-refractivity contribution in [2.75, 3.05) is 12.8 Å². The smallest absolute Gasteiger partial charge is 0.174 e. The van der Waals surface area contributed by atoms with Gasteiger partial charge in [-0.25, -0.2) is 4.99 Å². The molecule has 0 spiro atoms. The average molecular weight is 150 g/mol. The van der Waals surface area contributed by atoms with E-state index in [0.29, 0.717) is 5.69 Å². The highest BCUT2D eigenvalue weighted by Crippen LogP contribution is 2.14. The molecule has 0 saturated heterocycles. The standard InChI is InChI=1S/C8H10N2O/c1-11-6-10-8-4-2-3-7(9)5-8/h2-6H,9H2,1H3. The predicted octanol–water partition coefficient (Wildman–Crippen LogP) is 1.57. The van der Waals surface area contributed by atoms with Crippen molar-refractivity contribution in [3.8, 4) is 0 Å². The molecule has 0 bridgehead atoms. The van der Waals surface area contributed by atoms with Crippen molar-refractivity contribution >= 4 is 17.8 Å². The van der Waals surface area contributed by atoms with Gasteiger partial charge in [-0.3, -0.25) is 0 Å². The van der Waals surface area contributed by atoms with Crippen LogP contribution in [0.1, 0.15) is 0 Å². The van der Waals surface area contributed by atoms with E-state index in [1.54, 1.807) is 13.2 Å². The zero-order valence-corrected chi connectivity index (χ0v) is 6.32. The molecule has 0 aliphatic heterocycles. The third-order valence-corrected chi connectivity index (χ3v) is 1.18. The molecule has 1 rings (SSSR count). The molecule has 0 atom stereocenters. The Kier molecular flexibility index (Phi) is 2.49. The Morgan fingerprint density at radius 1 is 1.55 bits per heavy atom. The SMILES string of the molecule is COC=Nc1cccc(N)c1. The summed E-state index contributed by atoms with van der Waals surface area (Å²) in [5.74, 6) is 0. The van der Waals surface area contributed by atoms with E-state index in [4.69, 9.17) is 5.73 Å². The maximum Gasteiger partial charge on any atom is 0.174 e. The zero-order valence-electron chi connectivity index (χ0n) is 6.32. The first-order valence-corrected chi connectivity index (χ1v) is 3.24. The lowest BCUT2D eigenvalue weighted by Crippen LogP contribution is -1.82. The van der Waals surface area contributed by atoms with E-state index in [1.165, 1.54) is 6.40 Å². The van der Waals surface area contributed by atoms with Crippen LogP contribution in [-0.4, -0.2) is 13.5 Å². The highest BCUT2D eigenvalue weighted by molar-refractivity contribution is 5.59. The number of anilines is 1. The highest BCUT2D eigenvalue weighted by Gasteiger charge is 1.86. The first kappa shape index (κ1) is 7.60. The van der Waals surface area contributed by atoms with Crippen LogP contribution in [0, 0.1) is 0 Å². The third-order valence-electron chi connectivity index (χ3n) is 1.18. The first-order chi connectivity index (χ1) is 5.33. The number of benzene rings is 1. The highest BCUT2D eigenvalue weighted by atomic mass is 16.5. The molecule has 11 heavy (non-hydrogen) atoms. The van der Waals surface area contributed by atoms with Crippen molar-refractivity contribution in [1.82, 2.24) is 0 Å². The number of hydrogen-bond donors (Lipinski definition) is 1. The molecule has 1 aromatic rings. The minimum atomic E-state index is 0.704. The van der Waals surface area contributed by atoms with Gasteiger partial charge >= 0.3 is 0 Å². The summed E-state index contributed by atoms with van der Waals surface area (Å²) in [6, 6.07) is 7.28. The van der Waals surface area contributed by atoms with Gasteiger partial charge in [0, 0.05) is 5.69 Å². The van der Waals surface area contributed by atoms with Gasteiger partial charge in [-0.2, -0.15) is 0 Å². The monoisotopic (exact) mass is 150 g/mol. The van der Waals surface area contributed by atoms with Gasteiger partial charge in [-0.1, -0.05) is 6.07 Å². The molecule has 3 heteroatoms. The van der Waals surface area contributed by atoms with Gasteiger partial charge in [0.1, 0.15) is 0 Å². The lowest BCUT2D eigenvalue weighted by Gasteiger charge is -1.93. The molecule has 0 saturated carbocycles. The number of rotatable bonds is 2. The van der Waals surface area contributed by atoms with Crippen molar-refractivity contribution in [3.05, 3.63) is 24.3 Å². The number of aliphatic imine (C=N–C) groups is 1. The Bertz CT molecular complexity index is 258. The molecule has 0 amide bonds. The second kappa shape index (κ2) is 3.61. The van der Waals surface area contributed by atoms with Crippen molar-refractivity contribution in [2.45, 2.75) is 0 Å². The fraction of sp³-hybridized carbons (Fsp3) is 0.125. The van der Waals surface area contributed by atoms with Crippen molar-refractivity contribution < 1.29 is 4.74 Å². The number of nitrogens with zero attached hydrogens (tertiary/aromatic N) is 1. The molecule has 1 aromatic carbocycles. The normalized spacial score (nSPS) is 10.3. The van der Waals surface area contributed by atoms with E-state index in [9.17, 15) is 0 Å². The largest absolute Gasteiger partial charge is 0.486 e. The van der Waals surface area contributed by atoms with Gasteiger partial charge in [-0.05, 0) is 18.2 Å². The summed E-state index contributed by atoms with van der Waals surface area (Å²) >= 11 is 0. The average Bonchev–Trinajstić information content (AvgIpc) is 2.01. The van der Waals surface area contributed by atoms with Crippen LogP contribution in [0.5, 0.6) is 0 Å². The molecule has 0 aliphatic rings. The maximum absolute atomic E-state index is 5.52. The Labute approximate surface area is 65.5 Å². The minimum absolute atomic E-state index is 0.704. The van der Waals surface area contributed by atoms with E-state index in [1.807, 2.05) is 18.2 Å². The van der Waals surface area contributed by atoms with E-state index in [-0.39, 0.29) is 0 Å². The molecular weight excluding hydrogens is 140 g/mol. The molecule has 0 fully saturated rings. The van der Waals surface area contributed by atoms with Crippen molar-refractivity contribution in [3.63, 3.8) is 0 Å². The molecular formula is C8H10N2O. The Morgan fingerprint density at radius 3 is 3.00 bits per heavy atom. The van der Waals surface area contributed by atoms with Crippen molar-refractivity contribution in [1.29, 1.82) is 0 Å². The fourth-order valence-electron chi connectivity index (χ4n) is 0.719. The lowest BCUT2D eigenvalue weighted by molar-refractivity contribution is 0.423. The maximum atomic E-state index is 5.52. The number of methoxy groups -OCH3 is 1. The van der Waals surface area contributed by atoms with Gasteiger partial charge in [0.25, 0.3) is 0 Å². The Balaban J connectivity index is 2.79. The van der Waals surface area contributed by atoms with Crippen LogP contribution in [-0.2, 0) is 4.74 Å². The number of nitrogen functional groups attached to an aromatic ring is 1. The van der Waals surface area contributed by atoms with E-state index >= 15 is 0 Å². The summed E-state index contributed by atoms with van der Waals surface area (Å²) in [6.07, 6.45) is 1.37. The first-order valence-electron chi connectivity index (χ1n) is 3.24. The summed E-state index contributed by atoms with van der Waals surface area (Å²) < 4.78 is 4.65. The van der Waals surface area contributed by atoms with E-state index in [2.05, 4.69) is 9.73 Å². The number of hydrogen-bond acceptors (Lipinski definition) is 3. The summed E-state index contributed by atoms with van der Waals surface area (Å²) in [5.41, 5.74) is 7.02. The van der Waals surface area contributed by atoms with Crippen LogP contribution in [0.2, 0.25) is 0 Å². The quantitative estimate of drug-likeness (QED) is 0.395. The lowest BCUT2D eigenvalue weighted by atomic mass is 10.3. The van der Waals surface area contributed by atoms with Gasteiger partial charge in [0.05, 0.1) is 12.8 Å². The van der Waals surface area contributed by atoms with Gasteiger partial charge in [-0.15, -0.1) is 0 Å². The zero-order chi connectivity index (χ0) is 8.10. The molecule has 0 radical (unpaired) electrons. The van der Waals surface area contributed by atoms with E-state index < -0.39 is 0 Å². The van der Waals surface area contributed by atoms with Gasteiger partial charge in [0.2, 0.25) is 0 Å². The van der Waals surface area contributed by atoms with Gasteiger partial charge in [0.15, 0.2) is 6.40 Å². The second-order valence-corrected chi connectivity index (χ2v) is 2.07. The van der Waals surface area contributed by atoms with Crippen LogP contribution in [0.25, 0.3) is 0 Å². The second-order valence-electron chi connectivity index (χ2n) is 2.07. The molecule has 0 aliphatic carbocycles. The van der Waals surface area contributed by atoms with E-state index in [0.717, 1.165) is 5.69 Å². The summed E-state index contributed by atoms with van der Waals surface area (Å²) in [4.78, 5) is 3.96. The number of nitrogens with two attached hydrogens (primary N) is 1. The van der Waals surface area contributed by atoms with Crippen LogP contribution >= 0.6 is 0 Å². The topological polar surface area (TPSA) is 47.6 Å². The molecule has 2 N–H and O–H groups in total. The Morgan fingerprint density at radius 2 is 2.36 bits per heavy atom.